The number of nitrogens with one attached hydrogen (secondary N) is 3. The second kappa shape index (κ2) is 12.1. The maximum Gasteiger partial charge on any atom is 0.308 e. The Balaban J connectivity index is 1.30. The van der Waals surface area contributed by atoms with Gasteiger partial charge in [-0.15, -0.1) is 11.8 Å². The molecule has 4 unspecified atom stereocenters. The number of hydrogen-bond acceptors (Lipinski definition) is 13. The van der Waals surface area contributed by atoms with Gasteiger partial charge in [-0.25, -0.2) is 0 Å². The number of methoxy groups -OCH3 is 2. The summed E-state index contributed by atoms with van der Waals surface area (Å²) in [7, 11) is 3.07. The predicted molar refractivity (Wildman–Crippen MR) is 191 cm³/mol. The molecule has 8 aliphatic heterocycles. The molecule has 0 radical (unpaired) electrons. The van der Waals surface area contributed by atoms with Crippen molar-refractivity contribution in [3.63, 3.8) is 0 Å². The summed E-state index contributed by atoms with van der Waals surface area (Å²) in [4.78, 5) is 30.1. The van der Waals surface area contributed by atoms with Gasteiger partial charge in [-0.2, -0.15) is 0 Å². The van der Waals surface area contributed by atoms with E-state index in [4.69, 9.17) is 23.7 Å². The number of thioether (sulfide) groups is 1. The summed E-state index contributed by atoms with van der Waals surface area (Å²) in [5, 5.41) is 33.0. The molecule has 5 N–H and O–H groups in total. The number of amides is 1. The molecular formula is C38H42N4O9S. The third-order valence-corrected chi connectivity index (χ3v) is 13.3. The fourth-order valence-electron chi connectivity index (χ4n) is 9.78. The van der Waals surface area contributed by atoms with Crippen LogP contribution in [-0.4, -0.2) is 85.5 Å². The molecule has 4 bridgehead atoms. The van der Waals surface area contributed by atoms with Gasteiger partial charge in [0.05, 0.1) is 31.6 Å². The van der Waals surface area contributed by atoms with E-state index >= 15 is 0 Å². The molecular weight excluding hydrogens is 689 g/mol. The lowest BCUT2D eigenvalue weighted by molar-refractivity contribution is -0.132. The van der Waals surface area contributed by atoms with E-state index in [9.17, 15) is 19.8 Å². The van der Waals surface area contributed by atoms with Crippen LogP contribution in [-0.2, 0) is 28.0 Å². The number of phenolic OH excluding ortho intramolecular Hbond substituents is 2. The Kier molecular flexibility index (Phi) is 7.78. The van der Waals surface area contributed by atoms with Crippen LogP contribution in [0.25, 0.3) is 0 Å². The number of aromatic hydroxyl groups is 2. The molecule has 274 valence electrons. The van der Waals surface area contributed by atoms with Crippen LogP contribution in [0.4, 0.5) is 0 Å². The topological polar surface area (TPSA) is 160 Å². The minimum atomic E-state index is -1.17. The fraction of sp³-hybridized carbons (Fsp3) is 0.474. The molecule has 7 atom stereocenters. The van der Waals surface area contributed by atoms with E-state index in [1.807, 2.05) is 13.8 Å². The number of nitrogens with zero attached hydrogens (tertiary/aromatic N) is 1. The Morgan fingerprint density at radius 2 is 1.83 bits per heavy atom. The summed E-state index contributed by atoms with van der Waals surface area (Å²) in [6.07, 6.45) is 1.29. The van der Waals surface area contributed by atoms with Gasteiger partial charge in [-0.05, 0) is 61.1 Å². The highest BCUT2D eigenvalue weighted by molar-refractivity contribution is 7.99. The number of hydrogen-bond donors (Lipinski definition) is 5. The highest BCUT2D eigenvalue weighted by atomic mass is 32.2. The van der Waals surface area contributed by atoms with Gasteiger partial charge in [0, 0.05) is 66.6 Å². The Bertz CT molecular complexity index is 2060. The monoisotopic (exact) mass is 730 g/mol. The highest BCUT2D eigenvalue weighted by Crippen LogP contribution is 2.63. The number of benzene rings is 3. The summed E-state index contributed by atoms with van der Waals surface area (Å²) in [5.74, 6) is 2.12. The normalized spacial score (nSPS) is 29.3. The van der Waals surface area contributed by atoms with E-state index in [0.29, 0.717) is 60.2 Å². The summed E-state index contributed by atoms with van der Waals surface area (Å²) < 4.78 is 29.7. The highest BCUT2D eigenvalue weighted by Gasteiger charge is 2.58. The fourth-order valence-corrected chi connectivity index (χ4v) is 11.5. The molecule has 8 heterocycles. The van der Waals surface area contributed by atoms with Gasteiger partial charge in [-0.1, -0.05) is 6.07 Å². The van der Waals surface area contributed by atoms with Crippen molar-refractivity contribution in [1.29, 1.82) is 0 Å². The summed E-state index contributed by atoms with van der Waals surface area (Å²) in [5.41, 5.74) is 5.49. The Morgan fingerprint density at radius 1 is 1.02 bits per heavy atom. The molecule has 3 aromatic carbocycles. The Labute approximate surface area is 305 Å². The molecule has 1 amide bonds. The first-order valence-corrected chi connectivity index (χ1v) is 18.7. The van der Waals surface area contributed by atoms with E-state index in [2.05, 4.69) is 26.9 Å². The van der Waals surface area contributed by atoms with E-state index in [1.54, 1.807) is 31.0 Å². The SMILES string of the molecule is COc1cc2c(cc1O)CCN[C@]21CS[C@@H]2c3c(OC(C)=O)c(C)c4c(c3[C@H](CNC1=O)N1C3CNC(c5c(cc(C)c(OC)c5O)C3)C21)OCO4. The van der Waals surface area contributed by atoms with Crippen LogP contribution in [0.5, 0.6) is 40.2 Å². The maximum atomic E-state index is 14.8. The first-order valence-electron chi connectivity index (χ1n) is 17.7. The van der Waals surface area contributed by atoms with Gasteiger partial charge in [0.15, 0.2) is 34.5 Å². The van der Waals surface area contributed by atoms with Crippen molar-refractivity contribution in [2.45, 2.75) is 68.6 Å². The number of fused-ring (bicyclic) bond motifs is 6. The maximum absolute atomic E-state index is 14.8. The molecule has 2 fully saturated rings. The molecule has 2 saturated heterocycles. The number of phenols is 2. The number of aryl methyl sites for hydroxylation is 1. The average molecular weight is 731 g/mol. The van der Waals surface area contributed by atoms with E-state index < -0.39 is 17.6 Å². The van der Waals surface area contributed by atoms with Gasteiger partial charge < -0.3 is 44.5 Å². The molecule has 13 nitrogen and oxygen atoms in total. The largest absolute Gasteiger partial charge is 0.504 e. The molecule has 52 heavy (non-hydrogen) atoms. The van der Waals surface area contributed by atoms with Gasteiger partial charge >= 0.3 is 5.97 Å². The van der Waals surface area contributed by atoms with Crippen molar-refractivity contribution in [3.05, 3.63) is 62.7 Å². The third-order valence-electron chi connectivity index (χ3n) is 11.8. The summed E-state index contributed by atoms with van der Waals surface area (Å²) >= 11 is 1.61. The minimum Gasteiger partial charge on any atom is -0.504 e. The number of esters is 1. The molecule has 3 aromatic rings. The predicted octanol–water partition coefficient (Wildman–Crippen LogP) is 3.33. The van der Waals surface area contributed by atoms with Crippen molar-refractivity contribution in [1.82, 2.24) is 20.9 Å². The number of rotatable bonds is 3. The second-order valence-electron chi connectivity index (χ2n) is 14.5. The number of piperazine rings is 1. The van der Waals surface area contributed by atoms with Crippen molar-refractivity contribution in [3.8, 4) is 40.2 Å². The quantitative estimate of drug-likeness (QED) is 0.198. The van der Waals surface area contributed by atoms with Crippen LogP contribution in [0.2, 0.25) is 0 Å². The van der Waals surface area contributed by atoms with Gasteiger partial charge in [0.2, 0.25) is 12.7 Å². The standard InChI is InChI=1S/C38H42N4O9S/c1-16-8-20-9-21-12-39-29(26(20)31(45)32(16)48-5)30-36-28-27(35-34(49-15-50-35)17(2)33(28)51-18(3)43)23(42(21)30)13-40-37(46)38(14-52-36)22-11-25(47-4)24(44)10-19(22)6-7-41-38/h8,10-11,21,23,29-30,36,39,41,44-45H,6-7,9,12-15H2,1-5H3,(H,40,46)/t21?,23-,29?,30?,36+,38+/m0/s1. The first kappa shape index (κ1) is 33.5. The lowest BCUT2D eigenvalue weighted by Gasteiger charge is -2.56. The van der Waals surface area contributed by atoms with Crippen LogP contribution in [0, 0.1) is 13.8 Å². The number of carbonyl (C=O) groups is 2. The van der Waals surface area contributed by atoms with E-state index in [0.717, 1.165) is 38.9 Å². The lowest BCUT2D eigenvalue weighted by Crippen LogP contribution is -2.66. The zero-order valence-corrected chi connectivity index (χ0v) is 30.5. The minimum absolute atomic E-state index is 0.0153. The molecule has 14 heteroatoms. The molecule has 0 aromatic heterocycles. The Hall–Kier alpha value is -4.37. The van der Waals surface area contributed by atoms with Crippen LogP contribution in [0.1, 0.15) is 68.8 Å². The Morgan fingerprint density at radius 3 is 2.60 bits per heavy atom. The third kappa shape index (κ3) is 4.60. The molecule has 1 spiro atoms. The van der Waals surface area contributed by atoms with E-state index in [-0.39, 0.29) is 59.9 Å². The van der Waals surface area contributed by atoms with Gasteiger partial charge in [-0.3, -0.25) is 19.8 Å². The molecule has 0 saturated carbocycles. The van der Waals surface area contributed by atoms with Crippen LogP contribution >= 0.6 is 11.8 Å². The number of ether oxygens (including phenoxy) is 5. The average Bonchev–Trinajstić information content (AvgIpc) is 3.48. The summed E-state index contributed by atoms with van der Waals surface area (Å²) in [6.45, 7) is 6.65. The van der Waals surface area contributed by atoms with Crippen molar-refractivity contribution in [2.24, 2.45) is 0 Å². The smallest absolute Gasteiger partial charge is 0.308 e. The first-order chi connectivity index (χ1) is 25.1. The summed E-state index contributed by atoms with van der Waals surface area (Å²) in [6, 6.07) is 4.55. The van der Waals surface area contributed by atoms with Crippen LogP contribution in [0.15, 0.2) is 18.2 Å². The molecule has 0 aliphatic carbocycles. The van der Waals surface area contributed by atoms with Gasteiger partial charge in [0.25, 0.3) is 0 Å². The van der Waals surface area contributed by atoms with Crippen LogP contribution in [0.3, 0.4) is 0 Å². The lowest BCUT2D eigenvalue weighted by atomic mass is 9.78. The molecule has 8 aliphatic rings. The van der Waals surface area contributed by atoms with Crippen molar-refractivity contribution < 1.29 is 43.5 Å². The number of carbonyl (C=O) groups excluding carboxylic acids is 2. The van der Waals surface area contributed by atoms with Crippen molar-refractivity contribution >= 4 is 23.6 Å². The zero-order chi connectivity index (χ0) is 36.2. The zero-order valence-electron chi connectivity index (χ0n) is 29.7. The second-order valence-corrected chi connectivity index (χ2v) is 15.6. The van der Waals surface area contributed by atoms with Gasteiger partial charge in [0.1, 0.15) is 11.3 Å². The van der Waals surface area contributed by atoms with E-state index in [1.165, 1.54) is 14.0 Å². The molecule has 11 rings (SSSR count). The van der Waals surface area contributed by atoms with Crippen molar-refractivity contribution in [2.75, 3.05) is 46.4 Å². The van der Waals surface area contributed by atoms with Crippen LogP contribution < -0.4 is 39.6 Å².